The summed E-state index contributed by atoms with van der Waals surface area (Å²) in [4.78, 5) is 21.7. The van der Waals surface area contributed by atoms with Gasteiger partial charge < -0.3 is 14.2 Å². The van der Waals surface area contributed by atoms with Crippen molar-refractivity contribution in [3.8, 4) is 0 Å². The number of hydrogen-bond donors (Lipinski definition) is 0. The molecular formula is C18H22O5. The highest BCUT2D eigenvalue weighted by atomic mass is 16.6. The van der Waals surface area contributed by atoms with E-state index < -0.39 is 0 Å². The Kier molecular flexibility index (Phi) is 7.77. The summed E-state index contributed by atoms with van der Waals surface area (Å²) in [6, 6.07) is 9.70. The SMILES string of the molecule is C=C(C)C(=O)OCC1CO1.C=C(Cc1ccccc1)C(=O)OC. The number of rotatable bonds is 6. The van der Waals surface area contributed by atoms with Crippen LogP contribution in [0.15, 0.2) is 54.6 Å². The lowest BCUT2D eigenvalue weighted by Crippen LogP contribution is -2.09. The van der Waals surface area contributed by atoms with Gasteiger partial charge in [0.15, 0.2) is 0 Å². The Bertz CT molecular complexity index is 558. The van der Waals surface area contributed by atoms with Gasteiger partial charge in [-0.2, -0.15) is 0 Å². The Morgan fingerprint density at radius 1 is 1.22 bits per heavy atom. The third-order valence-electron chi connectivity index (χ3n) is 2.89. The molecule has 5 nitrogen and oxygen atoms in total. The quantitative estimate of drug-likeness (QED) is 0.458. The molecule has 0 spiro atoms. The summed E-state index contributed by atoms with van der Waals surface area (Å²) in [5.74, 6) is -0.681. The summed E-state index contributed by atoms with van der Waals surface area (Å²) >= 11 is 0. The van der Waals surface area contributed by atoms with E-state index in [-0.39, 0.29) is 18.0 Å². The maximum Gasteiger partial charge on any atom is 0.333 e. The van der Waals surface area contributed by atoms with Crippen LogP contribution in [0.25, 0.3) is 0 Å². The lowest BCUT2D eigenvalue weighted by Gasteiger charge is -2.02. The Balaban J connectivity index is 0.000000238. The van der Waals surface area contributed by atoms with E-state index in [1.54, 1.807) is 6.92 Å². The molecule has 1 aromatic rings. The number of ether oxygens (including phenoxy) is 3. The maximum atomic E-state index is 11.0. The standard InChI is InChI=1S/C11H12O2.C7H10O3/c1-9(11(12)13-2)8-10-6-4-3-5-7-10;1-5(2)7(8)10-4-6-3-9-6/h3-7H,1,8H2,2H3;6H,1,3-4H2,2H3. The molecule has 23 heavy (non-hydrogen) atoms. The van der Waals surface area contributed by atoms with Crippen LogP contribution in [0.2, 0.25) is 0 Å². The summed E-state index contributed by atoms with van der Waals surface area (Å²) in [5.41, 5.74) is 1.98. The molecule has 0 aliphatic carbocycles. The van der Waals surface area contributed by atoms with Gasteiger partial charge >= 0.3 is 11.9 Å². The van der Waals surface area contributed by atoms with Crippen molar-refractivity contribution in [3.05, 3.63) is 60.2 Å². The fourth-order valence-electron chi connectivity index (χ4n) is 1.51. The maximum absolute atomic E-state index is 11.0. The highest BCUT2D eigenvalue weighted by molar-refractivity contribution is 5.88. The van der Waals surface area contributed by atoms with Crippen molar-refractivity contribution in [2.75, 3.05) is 20.3 Å². The van der Waals surface area contributed by atoms with Gasteiger partial charge in [-0.3, -0.25) is 0 Å². The van der Waals surface area contributed by atoms with Crippen LogP contribution in [-0.2, 0) is 30.2 Å². The van der Waals surface area contributed by atoms with E-state index in [1.807, 2.05) is 30.3 Å². The molecule has 0 radical (unpaired) electrons. The lowest BCUT2D eigenvalue weighted by atomic mass is 10.1. The van der Waals surface area contributed by atoms with Crippen LogP contribution >= 0.6 is 0 Å². The van der Waals surface area contributed by atoms with Gasteiger partial charge in [0.1, 0.15) is 12.7 Å². The van der Waals surface area contributed by atoms with Crippen LogP contribution in [-0.4, -0.2) is 38.4 Å². The number of methoxy groups -OCH3 is 1. The zero-order valence-corrected chi connectivity index (χ0v) is 13.5. The van der Waals surface area contributed by atoms with Gasteiger partial charge in [-0.15, -0.1) is 0 Å². The zero-order chi connectivity index (χ0) is 17.2. The van der Waals surface area contributed by atoms with Crippen molar-refractivity contribution in [2.24, 2.45) is 0 Å². The number of epoxide rings is 1. The van der Waals surface area contributed by atoms with Crippen LogP contribution in [0.3, 0.4) is 0 Å². The molecule has 1 aromatic carbocycles. The third-order valence-corrected chi connectivity index (χ3v) is 2.89. The number of hydrogen-bond acceptors (Lipinski definition) is 5. The molecule has 0 aromatic heterocycles. The molecule has 0 N–H and O–H groups in total. The van der Waals surface area contributed by atoms with Gasteiger partial charge in [-0.25, -0.2) is 9.59 Å². The van der Waals surface area contributed by atoms with Crippen molar-refractivity contribution in [3.63, 3.8) is 0 Å². The molecule has 1 unspecified atom stereocenters. The first-order valence-corrected chi connectivity index (χ1v) is 7.18. The highest BCUT2D eigenvalue weighted by Gasteiger charge is 2.24. The van der Waals surface area contributed by atoms with Gasteiger partial charge in [0.2, 0.25) is 0 Å². The van der Waals surface area contributed by atoms with Crippen molar-refractivity contribution in [1.29, 1.82) is 0 Å². The van der Waals surface area contributed by atoms with Crippen LogP contribution < -0.4 is 0 Å². The van der Waals surface area contributed by atoms with E-state index in [9.17, 15) is 9.59 Å². The third kappa shape index (κ3) is 7.97. The van der Waals surface area contributed by atoms with Crippen molar-refractivity contribution >= 4 is 11.9 Å². The van der Waals surface area contributed by atoms with Crippen molar-refractivity contribution in [2.45, 2.75) is 19.4 Å². The molecule has 1 fully saturated rings. The van der Waals surface area contributed by atoms with E-state index in [1.165, 1.54) is 7.11 Å². The van der Waals surface area contributed by atoms with Gasteiger partial charge in [-0.05, 0) is 12.5 Å². The first kappa shape index (κ1) is 18.6. The van der Waals surface area contributed by atoms with E-state index in [2.05, 4.69) is 17.9 Å². The smallest absolute Gasteiger partial charge is 0.333 e. The number of carbonyl (C=O) groups excluding carboxylic acids is 2. The molecule has 0 amide bonds. The van der Waals surface area contributed by atoms with Crippen LogP contribution in [0.1, 0.15) is 12.5 Å². The second-order valence-corrected chi connectivity index (χ2v) is 5.09. The molecule has 1 atom stereocenters. The Morgan fingerprint density at radius 2 is 1.83 bits per heavy atom. The largest absolute Gasteiger partial charge is 0.466 e. The molecule has 1 heterocycles. The highest BCUT2D eigenvalue weighted by Crippen LogP contribution is 2.09. The van der Waals surface area contributed by atoms with Gasteiger partial charge in [0.05, 0.1) is 13.7 Å². The minimum Gasteiger partial charge on any atom is -0.466 e. The number of carbonyl (C=O) groups is 2. The molecule has 2 rings (SSSR count). The molecule has 1 saturated heterocycles. The van der Waals surface area contributed by atoms with Gasteiger partial charge in [-0.1, -0.05) is 43.5 Å². The average molecular weight is 318 g/mol. The molecule has 5 heteroatoms. The Labute approximate surface area is 136 Å². The van der Waals surface area contributed by atoms with Crippen LogP contribution in [0.5, 0.6) is 0 Å². The van der Waals surface area contributed by atoms with E-state index in [4.69, 9.17) is 9.47 Å². The Hall–Kier alpha value is -2.40. The number of esters is 2. The molecule has 1 aliphatic heterocycles. The summed E-state index contributed by atoms with van der Waals surface area (Å²) in [6.07, 6.45) is 0.691. The van der Waals surface area contributed by atoms with Crippen molar-refractivity contribution in [1.82, 2.24) is 0 Å². The first-order chi connectivity index (χ1) is 10.9. The van der Waals surface area contributed by atoms with E-state index >= 15 is 0 Å². The summed E-state index contributed by atoms with van der Waals surface area (Å²) in [5, 5.41) is 0. The topological polar surface area (TPSA) is 65.1 Å². The second kappa shape index (κ2) is 9.58. The summed E-state index contributed by atoms with van der Waals surface area (Å²) in [7, 11) is 1.36. The fraction of sp³-hybridized carbons (Fsp3) is 0.333. The molecule has 0 bridgehead atoms. The Morgan fingerprint density at radius 3 is 2.30 bits per heavy atom. The molecule has 124 valence electrons. The first-order valence-electron chi connectivity index (χ1n) is 7.18. The van der Waals surface area contributed by atoms with Crippen LogP contribution in [0, 0.1) is 0 Å². The normalized spacial score (nSPS) is 14.8. The second-order valence-electron chi connectivity index (χ2n) is 5.09. The predicted molar refractivity (Wildman–Crippen MR) is 86.8 cm³/mol. The van der Waals surface area contributed by atoms with E-state index in [0.717, 1.165) is 5.56 Å². The predicted octanol–water partition coefficient (Wildman–Crippen LogP) is 2.46. The van der Waals surface area contributed by atoms with Gasteiger partial charge in [0, 0.05) is 17.6 Å². The fourth-order valence-corrected chi connectivity index (χ4v) is 1.51. The molecule has 0 saturated carbocycles. The summed E-state index contributed by atoms with van der Waals surface area (Å²) in [6.45, 7) is 9.78. The number of benzene rings is 1. The van der Waals surface area contributed by atoms with E-state index in [0.29, 0.717) is 30.8 Å². The average Bonchev–Trinajstić information content (AvgIpc) is 3.37. The lowest BCUT2D eigenvalue weighted by molar-refractivity contribution is -0.139. The summed E-state index contributed by atoms with van der Waals surface area (Å²) < 4.78 is 14.1. The zero-order valence-electron chi connectivity index (χ0n) is 13.5. The molecular weight excluding hydrogens is 296 g/mol. The monoisotopic (exact) mass is 318 g/mol. The van der Waals surface area contributed by atoms with Crippen LogP contribution in [0.4, 0.5) is 0 Å². The molecule has 1 aliphatic rings. The minimum absolute atomic E-state index is 0.142. The van der Waals surface area contributed by atoms with Crippen molar-refractivity contribution < 1.29 is 23.8 Å². The van der Waals surface area contributed by atoms with Gasteiger partial charge in [0.25, 0.3) is 0 Å². The minimum atomic E-state index is -0.344.